The minimum absolute atomic E-state index is 0.0370. The average Bonchev–Trinajstić information content (AvgIpc) is 2.95. The quantitative estimate of drug-likeness (QED) is 0.536. The van der Waals surface area contributed by atoms with Crippen LogP contribution in [0.1, 0.15) is 58.3 Å². The van der Waals surface area contributed by atoms with E-state index in [1.54, 1.807) is 6.08 Å². The molecule has 0 bridgehead atoms. The van der Waals surface area contributed by atoms with E-state index < -0.39 is 0 Å². The van der Waals surface area contributed by atoms with Gasteiger partial charge in [-0.3, -0.25) is 4.79 Å². The van der Waals surface area contributed by atoms with Gasteiger partial charge in [0.1, 0.15) is 0 Å². The summed E-state index contributed by atoms with van der Waals surface area (Å²) in [7, 11) is 0. The number of carbonyl (C=O) groups excluding carboxylic acids is 1. The summed E-state index contributed by atoms with van der Waals surface area (Å²) < 4.78 is 5.27. The van der Waals surface area contributed by atoms with Crippen LogP contribution in [-0.4, -0.2) is 5.97 Å². The fourth-order valence-electron chi connectivity index (χ4n) is 3.51. The van der Waals surface area contributed by atoms with Gasteiger partial charge in [-0.15, -0.1) is 0 Å². The molecule has 2 aliphatic carbocycles. The van der Waals surface area contributed by atoms with Crippen molar-refractivity contribution in [3.63, 3.8) is 0 Å². The summed E-state index contributed by atoms with van der Waals surface area (Å²) in [4.78, 5) is 12.2. The van der Waals surface area contributed by atoms with E-state index in [9.17, 15) is 4.79 Å². The number of carbonyl (C=O) groups is 1. The summed E-state index contributed by atoms with van der Waals surface area (Å²) in [5, 5.41) is 0. The SMILES string of the molecule is CC=COC(=O)C1(C2CCCC2)CCCC1. The Hall–Kier alpha value is -0.790. The van der Waals surface area contributed by atoms with Crippen molar-refractivity contribution in [2.75, 3.05) is 0 Å². The lowest BCUT2D eigenvalue weighted by molar-refractivity contribution is -0.153. The van der Waals surface area contributed by atoms with Crippen LogP contribution in [0.25, 0.3) is 0 Å². The summed E-state index contributed by atoms with van der Waals surface area (Å²) in [5.74, 6) is 0.628. The predicted molar refractivity (Wildman–Crippen MR) is 63.8 cm³/mol. The molecule has 0 N–H and O–H groups in total. The molecule has 0 aliphatic heterocycles. The van der Waals surface area contributed by atoms with Gasteiger partial charge in [0.25, 0.3) is 0 Å². The van der Waals surface area contributed by atoms with Crippen LogP contribution >= 0.6 is 0 Å². The van der Waals surface area contributed by atoms with Gasteiger partial charge in [0, 0.05) is 0 Å². The number of allylic oxidation sites excluding steroid dienone is 1. The highest BCUT2D eigenvalue weighted by atomic mass is 16.5. The second-order valence-corrected chi connectivity index (χ2v) is 5.22. The first kappa shape index (κ1) is 11.7. The van der Waals surface area contributed by atoms with Crippen LogP contribution < -0.4 is 0 Å². The predicted octanol–water partition coefficient (Wildman–Crippen LogP) is 3.81. The summed E-state index contributed by atoms with van der Waals surface area (Å²) in [5.41, 5.74) is -0.129. The Kier molecular flexibility index (Phi) is 3.67. The Labute approximate surface area is 98.1 Å². The monoisotopic (exact) mass is 222 g/mol. The van der Waals surface area contributed by atoms with Crippen molar-refractivity contribution in [1.82, 2.24) is 0 Å². The Bertz CT molecular complexity index is 268. The lowest BCUT2D eigenvalue weighted by atomic mass is 9.73. The summed E-state index contributed by atoms with van der Waals surface area (Å²) >= 11 is 0. The van der Waals surface area contributed by atoms with Crippen LogP contribution in [0.4, 0.5) is 0 Å². The van der Waals surface area contributed by atoms with Crippen molar-refractivity contribution in [2.24, 2.45) is 11.3 Å². The largest absolute Gasteiger partial charge is 0.434 e. The van der Waals surface area contributed by atoms with Crippen molar-refractivity contribution in [2.45, 2.75) is 58.3 Å². The molecule has 0 unspecified atom stereocenters. The molecule has 0 radical (unpaired) electrons. The zero-order valence-electron chi connectivity index (χ0n) is 10.2. The molecule has 0 aromatic rings. The molecule has 0 saturated heterocycles. The molecule has 2 rings (SSSR count). The van der Waals surface area contributed by atoms with Crippen LogP contribution in [0.2, 0.25) is 0 Å². The van der Waals surface area contributed by atoms with E-state index in [2.05, 4.69) is 0 Å². The standard InChI is InChI=1S/C14H22O2/c1-2-11-16-13(15)14(9-5-6-10-14)12-7-3-4-8-12/h2,11-12H,3-10H2,1H3. The zero-order valence-corrected chi connectivity index (χ0v) is 10.2. The summed E-state index contributed by atoms with van der Waals surface area (Å²) in [6, 6.07) is 0. The van der Waals surface area contributed by atoms with Gasteiger partial charge in [0.2, 0.25) is 0 Å². The summed E-state index contributed by atoms with van der Waals surface area (Å²) in [6.07, 6.45) is 12.9. The first-order valence-corrected chi connectivity index (χ1v) is 6.62. The van der Waals surface area contributed by atoms with Crippen molar-refractivity contribution < 1.29 is 9.53 Å². The Morgan fingerprint density at radius 3 is 2.38 bits per heavy atom. The van der Waals surface area contributed by atoms with Crippen molar-refractivity contribution in [3.8, 4) is 0 Å². The molecule has 90 valence electrons. The third kappa shape index (κ3) is 2.02. The van der Waals surface area contributed by atoms with E-state index >= 15 is 0 Å². The molecule has 0 spiro atoms. The van der Waals surface area contributed by atoms with Gasteiger partial charge < -0.3 is 4.74 Å². The fraction of sp³-hybridized carbons (Fsp3) is 0.786. The number of ether oxygens (including phenoxy) is 1. The lowest BCUT2D eigenvalue weighted by Crippen LogP contribution is -2.35. The Morgan fingerprint density at radius 1 is 1.19 bits per heavy atom. The van der Waals surface area contributed by atoms with Gasteiger partial charge in [-0.1, -0.05) is 31.8 Å². The molecule has 2 aliphatic rings. The molecular weight excluding hydrogens is 200 g/mol. The van der Waals surface area contributed by atoms with Gasteiger partial charge in [0.05, 0.1) is 11.7 Å². The van der Waals surface area contributed by atoms with Gasteiger partial charge >= 0.3 is 5.97 Å². The molecule has 2 fully saturated rings. The Morgan fingerprint density at radius 2 is 1.81 bits per heavy atom. The van der Waals surface area contributed by atoms with E-state index in [4.69, 9.17) is 4.74 Å². The van der Waals surface area contributed by atoms with E-state index in [-0.39, 0.29) is 11.4 Å². The van der Waals surface area contributed by atoms with Gasteiger partial charge in [-0.2, -0.15) is 0 Å². The minimum Gasteiger partial charge on any atom is -0.434 e. The molecule has 2 nitrogen and oxygen atoms in total. The molecule has 0 aromatic heterocycles. The first-order chi connectivity index (χ1) is 7.79. The number of rotatable bonds is 3. The van der Waals surface area contributed by atoms with Crippen molar-refractivity contribution in [1.29, 1.82) is 0 Å². The van der Waals surface area contributed by atoms with Gasteiger partial charge in [-0.25, -0.2) is 0 Å². The second-order valence-electron chi connectivity index (χ2n) is 5.22. The topological polar surface area (TPSA) is 26.3 Å². The van der Waals surface area contributed by atoms with Crippen LogP contribution in [0.15, 0.2) is 12.3 Å². The Balaban J connectivity index is 2.10. The smallest absolute Gasteiger partial charge is 0.317 e. The highest BCUT2D eigenvalue weighted by molar-refractivity contribution is 5.78. The highest BCUT2D eigenvalue weighted by Gasteiger charge is 2.49. The maximum atomic E-state index is 12.2. The van der Waals surface area contributed by atoms with Crippen molar-refractivity contribution >= 4 is 5.97 Å². The molecular formula is C14H22O2. The van der Waals surface area contributed by atoms with Crippen LogP contribution in [-0.2, 0) is 9.53 Å². The molecule has 2 saturated carbocycles. The molecule has 0 heterocycles. The van der Waals surface area contributed by atoms with Crippen LogP contribution in [0.5, 0.6) is 0 Å². The van der Waals surface area contributed by atoms with E-state index in [1.165, 1.54) is 44.8 Å². The number of esters is 1. The third-order valence-electron chi connectivity index (χ3n) is 4.35. The van der Waals surface area contributed by atoms with Crippen LogP contribution in [0, 0.1) is 11.3 Å². The fourth-order valence-corrected chi connectivity index (χ4v) is 3.51. The van der Waals surface area contributed by atoms with E-state index in [1.807, 2.05) is 6.92 Å². The maximum absolute atomic E-state index is 12.2. The van der Waals surface area contributed by atoms with E-state index in [0.29, 0.717) is 5.92 Å². The average molecular weight is 222 g/mol. The lowest BCUT2D eigenvalue weighted by Gasteiger charge is -2.32. The van der Waals surface area contributed by atoms with Crippen molar-refractivity contribution in [3.05, 3.63) is 12.3 Å². The first-order valence-electron chi connectivity index (χ1n) is 6.62. The normalized spacial score (nSPS) is 25.3. The molecule has 0 aromatic carbocycles. The van der Waals surface area contributed by atoms with Crippen LogP contribution in [0.3, 0.4) is 0 Å². The number of hydrogen-bond donors (Lipinski definition) is 0. The summed E-state index contributed by atoms with van der Waals surface area (Å²) in [6.45, 7) is 1.88. The van der Waals surface area contributed by atoms with E-state index in [0.717, 1.165) is 12.8 Å². The van der Waals surface area contributed by atoms with Gasteiger partial charge in [0.15, 0.2) is 0 Å². The molecule has 2 heteroatoms. The zero-order chi connectivity index (χ0) is 11.4. The molecule has 0 atom stereocenters. The minimum atomic E-state index is -0.129. The van der Waals surface area contributed by atoms with Gasteiger partial charge in [-0.05, 0) is 38.5 Å². The highest BCUT2D eigenvalue weighted by Crippen LogP contribution is 2.51. The maximum Gasteiger partial charge on any atom is 0.317 e. The number of hydrogen-bond acceptors (Lipinski definition) is 2. The third-order valence-corrected chi connectivity index (χ3v) is 4.35. The second kappa shape index (κ2) is 5.03. The molecule has 16 heavy (non-hydrogen) atoms. The molecule has 0 amide bonds.